The molecule has 2 rings (SSSR count). The maximum Gasteiger partial charge on any atom is 0.250 e. The molecular formula is C12H16N4O. The summed E-state index contributed by atoms with van der Waals surface area (Å²) >= 11 is 0. The summed E-state index contributed by atoms with van der Waals surface area (Å²) in [5, 5.41) is 7.46. The number of pyridine rings is 1. The summed E-state index contributed by atoms with van der Waals surface area (Å²) in [6, 6.07) is 3.49. The molecule has 90 valence electrons. The van der Waals surface area contributed by atoms with Crippen molar-refractivity contribution in [3.8, 4) is 0 Å². The summed E-state index contributed by atoms with van der Waals surface area (Å²) in [6.07, 6.45) is 5.59. The highest BCUT2D eigenvalue weighted by Crippen LogP contribution is 2.17. The molecular weight excluding hydrogens is 216 g/mol. The second-order valence-electron chi connectivity index (χ2n) is 4.18. The van der Waals surface area contributed by atoms with E-state index in [1.54, 1.807) is 34.6 Å². The van der Waals surface area contributed by atoms with Crippen LogP contribution in [0.4, 0.5) is 5.69 Å². The number of aromatic nitrogens is 3. The van der Waals surface area contributed by atoms with Gasteiger partial charge in [-0.2, -0.15) is 5.10 Å². The van der Waals surface area contributed by atoms with E-state index in [1.165, 1.54) is 0 Å². The molecule has 0 saturated carbocycles. The lowest BCUT2D eigenvalue weighted by Crippen LogP contribution is -2.16. The van der Waals surface area contributed by atoms with Crippen molar-refractivity contribution in [2.75, 3.05) is 5.32 Å². The van der Waals surface area contributed by atoms with Crippen LogP contribution in [0.3, 0.4) is 0 Å². The first-order valence-corrected chi connectivity index (χ1v) is 5.48. The van der Waals surface area contributed by atoms with E-state index in [2.05, 4.69) is 17.3 Å². The van der Waals surface area contributed by atoms with Gasteiger partial charge in [-0.3, -0.25) is 9.48 Å². The Balaban J connectivity index is 2.15. The van der Waals surface area contributed by atoms with Gasteiger partial charge in [0.15, 0.2) is 0 Å². The van der Waals surface area contributed by atoms with E-state index in [-0.39, 0.29) is 11.6 Å². The van der Waals surface area contributed by atoms with Gasteiger partial charge in [0, 0.05) is 38.1 Å². The van der Waals surface area contributed by atoms with Gasteiger partial charge in [-0.15, -0.1) is 0 Å². The lowest BCUT2D eigenvalue weighted by Gasteiger charge is -2.14. The molecule has 5 nitrogen and oxygen atoms in total. The van der Waals surface area contributed by atoms with Crippen molar-refractivity contribution in [1.29, 1.82) is 0 Å². The molecule has 0 bridgehead atoms. The molecule has 1 N–H and O–H groups in total. The van der Waals surface area contributed by atoms with Gasteiger partial charge in [0.25, 0.3) is 0 Å². The molecule has 1 atom stereocenters. The van der Waals surface area contributed by atoms with E-state index in [9.17, 15) is 4.79 Å². The average molecular weight is 232 g/mol. The van der Waals surface area contributed by atoms with E-state index >= 15 is 0 Å². The highest BCUT2D eigenvalue weighted by Gasteiger charge is 2.07. The molecule has 2 heterocycles. The normalized spacial score (nSPS) is 12.4. The molecule has 0 aliphatic rings. The summed E-state index contributed by atoms with van der Waals surface area (Å²) in [6.45, 7) is 2.06. The predicted molar refractivity (Wildman–Crippen MR) is 66.9 cm³/mol. The van der Waals surface area contributed by atoms with E-state index < -0.39 is 0 Å². The number of anilines is 1. The number of rotatable bonds is 3. The fourth-order valence-electron chi connectivity index (χ4n) is 1.68. The van der Waals surface area contributed by atoms with Crippen LogP contribution < -0.4 is 10.9 Å². The number of hydrogen-bond donors (Lipinski definition) is 1. The minimum Gasteiger partial charge on any atom is -0.377 e. The van der Waals surface area contributed by atoms with Crippen LogP contribution in [0.15, 0.2) is 35.5 Å². The van der Waals surface area contributed by atoms with Crippen LogP contribution in [0.2, 0.25) is 0 Å². The van der Waals surface area contributed by atoms with Gasteiger partial charge in [-0.05, 0) is 13.0 Å². The first-order chi connectivity index (χ1) is 8.06. The largest absolute Gasteiger partial charge is 0.377 e. The van der Waals surface area contributed by atoms with Crippen molar-refractivity contribution in [3.05, 3.63) is 46.6 Å². The number of nitrogens with zero attached hydrogens (tertiary/aromatic N) is 3. The fourth-order valence-corrected chi connectivity index (χ4v) is 1.68. The van der Waals surface area contributed by atoms with Crippen molar-refractivity contribution in [2.24, 2.45) is 14.1 Å². The maximum atomic E-state index is 11.3. The molecule has 0 amide bonds. The zero-order valence-electron chi connectivity index (χ0n) is 10.2. The van der Waals surface area contributed by atoms with Gasteiger partial charge in [0.1, 0.15) is 0 Å². The Labute approximate surface area is 99.7 Å². The van der Waals surface area contributed by atoms with Crippen LogP contribution in [0.1, 0.15) is 18.5 Å². The van der Waals surface area contributed by atoms with E-state index in [1.807, 2.05) is 19.4 Å². The Morgan fingerprint density at radius 1 is 1.29 bits per heavy atom. The standard InChI is InChI=1S/C12H16N4O/c1-9(10-6-13-16(3)7-10)14-11-4-5-12(17)15(2)8-11/h4-9,14H,1-3H3. The zero-order chi connectivity index (χ0) is 12.4. The van der Waals surface area contributed by atoms with Crippen molar-refractivity contribution >= 4 is 5.69 Å². The highest BCUT2D eigenvalue weighted by molar-refractivity contribution is 5.42. The topological polar surface area (TPSA) is 51.9 Å². The van der Waals surface area contributed by atoms with E-state index in [4.69, 9.17) is 0 Å². The van der Waals surface area contributed by atoms with Crippen molar-refractivity contribution in [1.82, 2.24) is 14.3 Å². The lowest BCUT2D eigenvalue weighted by molar-refractivity contribution is 0.765. The van der Waals surface area contributed by atoms with Crippen LogP contribution in [-0.4, -0.2) is 14.3 Å². The van der Waals surface area contributed by atoms with Crippen molar-refractivity contribution < 1.29 is 0 Å². The van der Waals surface area contributed by atoms with Gasteiger partial charge in [0.05, 0.1) is 17.9 Å². The molecule has 1 unspecified atom stereocenters. The van der Waals surface area contributed by atoms with Gasteiger partial charge in [-0.1, -0.05) is 0 Å². The molecule has 0 aliphatic carbocycles. The van der Waals surface area contributed by atoms with Crippen LogP contribution in [0, 0.1) is 0 Å². The second-order valence-corrected chi connectivity index (χ2v) is 4.18. The summed E-state index contributed by atoms with van der Waals surface area (Å²) in [5.41, 5.74) is 2.02. The molecule has 2 aromatic rings. The Kier molecular flexibility index (Phi) is 2.99. The third-order valence-electron chi connectivity index (χ3n) is 2.69. The van der Waals surface area contributed by atoms with Crippen molar-refractivity contribution in [2.45, 2.75) is 13.0 Å². The molecule has 5 heteroatoms. The molecule has 0 aromatic carbocycles. The third-order valence-corrected chi connectivity index (χ3v) is 2.69. The minimum atomic E-state index is -0.00965. The Morgan fingerprint density at radius 3 is 2.65 bits per heavy atom. The van der Waals surface area contributed by atoms with Gasteiger partial charge in [-0.25, -0.2) is 0 Å². The van der Waals surface area contributed by atoms with Crippen LogP contribution in [-0.2, 0) is 14.1 Å². The Bertz CT molecular complexity index is 570. The minimum absolute atomic E-state index is 0.00965. The second kappa shape index (κ2) is 4.45. The molecule has 17 heavy (non-hydrogen) atoms. The van der Waals surface area contributed by atoms with Gasteiger partial charge in [0.2, 0.25) is 5.56 Å². The van der Waals surface area contributed by atoms with E-state index in [0.717, 1.165) is 11.3 Å². The Hall–Kier alpha value is -2.04. The van der Waals surface area contributed by atoms with Crippen LogP contribution in [0.5, 0.6) is 0 Å². The summed E-state index contributed by atoms with van der Waals surface area (Å²) in [4.78, 5) is 11.3. The van der Waals surface area contributed by atoms with Gasteiger partial charge >= 0.3 is 0 Å². The zero-order valence-corrected chi connectivity index (χ0v) is 10.2. The Morgan fingerprint density at radius 2 is 2.06 bits per heavy atom. The fraction of sp³-hybridized carbons (Fsp3) is 0.333. The van der Waals surface area contributed by atoms with Crippen LogP contribution in [0.25, 0.3) is 0 Å². The smallest absolute Gasteiger partial charge is 0.250 e. The summed E-state index contributed by atoms with van der Waals surface area (Å²) in [5.74, 6) is 0. The van der Waals surface area contributed by atoms with Gasteiger partial charge < -0.3 is 9.88 Å². The van der Waals surface area contributed by atoms with Crippen LogP contribution >= 0.6 is 0 Å². The number of hydrogen-bond acceptors (Lipinski definition) is 3. The molecule has 0 radical (unpaired) electrons. The quantitative estimate of drug-likeness (QED) is 0.867. The molecule has 0 fully saturated rings. The monoisotopic (exact) mass is 232 g/mol. The molecule has 2 aromatic heterocycles. The average Bonchev–Trinajstić information content (AvgIpc) is 2.70. The summed E-state index contributed by atoms with van der Waals surface area (Å²) in [7, 11) is 3.63. The highest BCUT2D eigenvalue weighted by atomic mass is 16.1. The lowest BCUT2D eigenvalue weighted by atomic mass is 10.2. The first kappa shape index (κ1) is 11.4. The number of aryl methyl sites for hydroxylation is 2. The first-order valence-electron chi connectivity index (χ1n) is 5.48. The predicted octanol–water partition coefficient (Wildman–Crippen LogP) is 1.29. The summed E-state index contributed by atoms with van der Waals surface area (Å²) < 4.78 is 3.33. The maximum absolute atomic E-state index is 11.3. The molecule has 0 spiro atoms. The molecule has 0 saturated heterocycles. The number of nitrogens with one attached hydrogen (secondary N) is 1. The van der Waals surface area contributed by atoms with Crippen molar-refractivity contribution in [3.63, 3.8) is 0 Å². The van der Waals surface area contributed by atoms with E-state index in [0.29, 0.717) is 0 Å². The molecule has 0 aliphatic heterocycles. The SMILES string of the molecule is CC(Nc1ccc(=O)n(C)c1)c1cnn(C)c1. The third kappa shape index (κ3) is 2.55.